The summed E-state index contributed by atoms with van der Waals surface area (Å²) < 4.78 is 6.96. The molecule has 1 unspecified atom stereocenters. The average molecular weight is 282 g/mol. The van der Waals surface area contributed by atoms with E-state index in [1.165, 1.54) is 15.6 Å². The molecule has 1 fully saturated rings. The Bertz CT molecular complexity index is 527. The topological polar surface area (TPSA) is 12.5 Å². The van der Waals surface area contributed by atoms with Crippen molar-refractivity contribution in [2.75, 3.05) is 25.6 Å². The Hall–Kier alpha value is -0.610. The van der Waals surface area contributed by atoms with Crippen LogP contribution in [0, 0.1) is 0 Å². The second-order valence-electron chi connectivity index (χ2n) is 4.64. The fraction of sp³-hybridized carbons (Fsp3) is 0.429. The van der Waals surface area contributed by atoms with Gasteiger partial charge < -0.3 is 4.74 Å². The molecule has 0 spiro atoms. The van der Waals surface area contributed by atoms with E-state index in [4.69, 9.17) is 16.3 Å². The number of morpholine rings is 1. The molecular weight excluding hydrogens is 266 g/mol. The lowest BCUT2D eigenvalue weighted by Crippen LogP contribution is -2.42. The van der Waals surface area contributed by atoms with Crippen LogP contribution < -0.4 is 0 Å². The Balaban J connectivity index is 1.76. The lowest BCUT2D eigenvalue weighted by atomic mass is 10.1. The predicted molar refractivity (Wildman–Crippen MR) is 77.6 cm³/mol. The third-order valence-corrected chi connectivity index (χ3v) is 4.71. The van der Waals surface area contributed by atoms with Gasteiger partial charge >= 0.3 is 0 Å². The van der Waals surface area contributed by atoms with Gasteiger partial charge in [0.25, 0.3) is 0 Å². The maximum Gasteiger partial charge on any atom is 0.0837 e. The molecule has 0 radical (unpaired) electrons. The third kappa shape index (κ3) is 2.54. The Morgan fingerprint density at radius 1 is 1.39 bits per heavy atom. The lowest BCUT2D eigenvalue weighted by Gasteiger charge is -2.31. The molecule has 1 atom stereocenters. The Morgan fingerprint density at radius 3 is 3.17 bits per heavy atom. The number of hydrogen-bond donors (Lipinski definition) is 0. The minimum atomic E-state index is 0.185. The van der Waals surface area contributed by atoms with Crippen molar-refractivity contribution in [3.63, 3.8) is 0 Å². The zero-order valence-corrected chi connectivity index (χ0v) is 11.7. The fourth-order valence-electron chi connectivity index (χ4n) is 2.41. The number of benzene rings is 1. The highest BCUT2D eigenvalue weighted by atomic mass is 35.5. The van der Waals surface area contributed by atoms with Gasteiger partial charge in [0.15, 0.2) is 0 Å². The molecule has 1 aromatic carbocycles. The van der Waals surface area contributed by atoms with E-state index >= 15 is 0 Å². The fourth-order valence-corrected chi connectivity index (χ4v) is 3.55. The highest BCUT2D eigenvalue weighted by Crippen LogP contribution is 2.27. The Kier molecular flexibility index (Phi) is 3.85. The van der Waals surface area contributed by atoms with E-state index in [9.17, 15) is 0 Å². The van der Waals surface area contributed by atoms with Gasteiger partial charge in [-0.2, -0.15) is 0 Å². The second-order valence-corrected chi connectivity index (χ2v) is 5.86. The van der Waals surface area contributed by atoms with Crippen LogP contribution in [0.15, 0.2) is 29.6 Å². The predicted octanol–water partition coefficient (Wildman–Crippen LogP) is 3.34. The monoisotopic (exact) mass is 281 g/mol. The van der Waals surface area contributed by atoms with E-state index in [0.29, 0.717) is 5.88 Å². The summed E-state index contributed by atoms with van der Waals surface area (Å²) in [6.07, 6.45) is 0.185. The molecule has 3 rings (SSSR count). The van der Waals surface area contributed by atoms with Gasteiger partial charge in [-0.1, -0.05) is 18.2 Å². The SMILES string of the molecule is ClCC1CN(Cc2csc3ccccc23)CCO1. The van der Waals surface area contributed by atoms with E-state index in [-0.39, 0.29) is 6.10 Å². The summed E-state index contributed by atoms with van der Waals surface area (Å²) in [7, 11) is 0. The first kappa shape index (κ1) is 12.4. The molecule has 0 N–H and O–H groups in total. The van der Waals surface area contributed by atoms with Crippen LogP contribution in [-0.2, 0) is 11.3 Å². The van der Waals surface area contributed by atoms with Crippen LogP contribution in [-0.4, -0.2) is 36.6 Å². The van der Waals surface area contributed by atoms with Gasteiger partial charge in [-0.25, -0.2) is 0 Å². The first-order valence-corrected chi connectivity index (χ1v) is 7.63. The van der Waals surface area contributed by atoms with E-state index < -0.39 is 0 Å². The molecular formula is C14H16ClNOS. The molecule has 1 aromatic heterocycles. The first-order chi connectivity index (χ1) is 8.86. The van der Waals surface area contributed by atoms with Crippen LogP contribution in [0.1, 0.15) is 5.56 Å². The summed E-state index contributed by atoms with van der Waals surface area (Å²) >= 11 is 7.70. The molecule has 0 saturated carbocycles. The molecule has 0 bridgehead atoms. The minimum absolute atomic E-state index is 0.185. The molecule has 1 aliphatic heterocycles. The quantitative estimate of drug-likeness (QED) is 0.800. The van der Waals surface area contributed by atoms with Crippen molar-refractivity contribution in [1.29, 1.82) is 0 Å². The number of thiophene rings is 1. The van der Waals surface area contributed by atoms with Gasteiger partial charge in [-0.05, 0) is 22.4 Å². The van der Waals surface area contributed by atoms with Crippen LogP contribution in [0.5, 0.6) is 0 Å². The Morgan fingerprint density at radius 2 is 2.28 bits per heavy atom. The highest BCUT2D eigenvalue weighted by molar-refractivity contribution is 7.17. The normalized spacial score (nSPS) is 21.5. The lowest BCUT2D eigenvalue weighted by molar-refractivity contribution is -0.0192. The van der Waals surface area contributed by atoms with Crippen LogP contribution in [0.3, 0.4) is 0 Å². The van der Waals surface area contributed by atoms with Gasteiger partial charge in [0, 0.05) is 30.2 Å². The summed E-state index contributed by atoms with van der Waals surface area (Å²) in [6.45, 7) is 3.73. The summed E-state index contributed by atoms with van der Waals surface area (Å²) in [5, 5.41) is 3.66. The number of rotatable bonds is 3. The largest absolute Gasteiger partial charge is 0.374 e. The molecule has 4 heteroatoms. The standard InChI is InChI=1S/C14H16ClNOS/c15-7-12-9-16(5-6-17-12)8-11-10-18-14-4-2-1-3-13(11)14/h1-4,10,12H,5-9H2. The van der Waals surface area contributed by atoms with E-state index in [1.807, 2.05) is 11.3 Å². The van der Waals surface area contributed by atoms with Crippen molar-refractivity contribution in [3.8, 4) is 0 Å². The molecule has 1 aliphatic rings. The van der Waals surface area contributed by atoms with Crippen molar-refractivity contribution in [3.05, 3.63) is 35.2 Å². The molecule has 0 aliphatic carbocycles. The number of halogens is 1. The van der Waals surface area contributed by atoms with Crippen LogP contribution >= 0.6 is 22.9 Å². The zero-order valence-electron chi connectivity index (χ0n) is 10.1. The van der Waals surface area contributed by atoms with Crippen molar-refractivity contribution >= 4 is 33.0 Å². The molecule has 2 heterocycles. The molecule has 1 saturated heterocycles. The van der Waals surface area contributed by atoms with E-state index in [0.717, 1.165) is 26.2 Å². The van der Waals surface area contributed by atoms with Crippen molar-refractivity contribution in [2.24, 2.45) is 0 Å². The second kappa shape index (κ2) is 5.57. The third-order valence-electron chi connectivity index (χ3n) is 3.35. The number of alkyl halides is 1. The Labute approximate surface area is 116 Å². The minimum Gasteiger partial charge on any atom is -0.374 e. The maximum atomic E-state index is 5.87. The molecule has 2 nitrogen and oxygen atoms in total. The smallest absolute Gasteiger partial charge is 0.0837 e. The van der Waals surface area contributed by atoms with Crippen molar-refractivity contribution in [1.82, 2.24) is 4.90 Å². The summed E-state index contributed by atoms with van der Waals surface area (Å²) in [5.41, 5.74) is 1.42. The summed E-state index contributed by atoms with van der Waals surface area (Å²) in [4.78, 5) is 2.44. The molecule has 0 amide bonds. The first-order valence-electron chi connectivity index (χ1n) is 6.22. The molecule has 18 heavy (non-hydrogen) atoms. The zero-order chi connectivity index (χ0) is 12.4. The maximum absolute atomic E-state index is 5.87. The van der Waals surface area contributed by atoms with Crippen LogP contribution in [0.25, 0.3) is 10.1 Å². The van der Waals surface area contributed by atoms with E-state index in [2.05, 4.69) is 34.5 Å². The number of nitrogens with zero attached hydrogens (tertiary/aromatic N) is 1. The molecule has 2 aromatic rings. The van der Waals surface area contributed by atoms with Gasteiger partial charge in [-0.15, -0.1) is 22.9 Å². The van der Waals surface area contributed by atoms with Gasteiger partial charge in [0.05, 0.1) is 12.7 Å². The van der Waals surface area contributed by atoms with Gasteiger partial charge in [0.2, 0.25) is 0 Å². The van der Waals surface area contributed by atoms with Crippen molar-refractivity contribution in [2.45, 2.75) is 12.6 Å². The number of hydrogen-bond acceptors (Lipinski definition) is 3. The summed E-state index contributed by atoms with van der Waals surface area (Å²) in [6, 6.07) is 8.60. The van der Waals surface area contributed by atoms with Crippen LogP contribution in [0.2, 0.25) is 0 Å². The van der Waals surface area contributed by atoms with Gasteiger partial charge in [-0.3, -0.25) is 4.90 Å². The molecule has 96 valence electrons. The average Bonchev–Trinajstić information content (AvgIpc) is 2.83. The van der Waals surface area contributed by atoms with Crippen molar-refractivity contribution < 1.29 is 4.74 Å². The summed E-state index contributed by atoms with van der Waals surface area (Å²) in [5.74, 6) is 0.584. The number of ether oxygens (including phenoxy) is 1. The highest BCUT2D eigenvalue weighted by Gasteiger charge is 2.20. The number of fused-ring (bicyclic) bond motifs is 1. The van der Waals surface area contributed by atoms with Gasteiger partial charge in [0.1, 0.15) is 0 Å². The van der Waals surface area contributed by atoms with E-state index in [1.54, 1.807) is 0 Å². The van der Waals surface area contributed by atoms with Crippen LogP contribution in [0.4, 0.5) is 0 Å².